The van der Waals surface area contributed by atoms with E-state index >= 15 is 0 Å². The van der Waals surface area contributed by atoms with E-state index < -0.39 is 0 Å². The van der Waals surface area contributed by atoms with Gasteiger partial charge in [0.2, 0.25) is 5.89 Å². The highest BCUT2D eigenvalue weighted by molar-refractivity contribution is 5.91. The van der Waals surface area contributed by atoms with E-state index in [1.165, 1.54) is 24.5 Å². The fraction of sp³-hybridized carbons (Fsp3) is 0.304. The second-order valence-electron chi connectivity index (χ2n) is 7.55. The van der Waals surface area contributed by atoms with Gasteiger partial charge in [-0.3, -0.25) is 9.69 Å². The number of amides is 1. The summed E-state index contributed by atoms with van der Waals surface area (Å²) in [6.07, 6.45) is 1.32. The molecule has 0 radical (unpaired) electrons. The van der Waals surface area contributed by atoms with Crippen molar-refractivity contribution in [1.82, 2.24) is 20.1 Å². The van der Waals surface area contributed by atoms with Gasteiger partial charge in [-0.05, 0) is 37.9 Å². The zero-order valence-electron chi connectivity index (χ0n) is 17.6. The Morgan fingerprint density at radius 3 is 2.48 bits per heavy atom. The topological polar surface area (TPSA) is 61.6 Å². The Hall–Kier alpha value is -3.10. The monoisotopic (exact) mass is 428 g/mol. The molecule has 8 heteroatoms. The molecule has 3 aromatic rings. The average molecular weight is 428 g/mol. The first-order valence-electron chi connectivity index (χ1n) is 9.98. The number of benzene rings is 2. The summed E-state index contributed by atoms with van der Waals surface area (Å²) in [5, 5.41) is 2.79. The lowest BCUT2D eigenvalue weighted by molar-refractivity contribution is 0.0946. The molecule has 1 N–H and O–H groups in total. The normalized spacial score (nSPS) is 11.3. The van der Waals surface area contributed by atoms with Gasteiger partial charge in [0.15, 0.2) is 5.69 Å². The average Bonchev–Trinajstić information content (AvgIpc) is 3.19. The Balaban J connectivity index is 1.70. The van der Waals surface area contributed by atoms with Gasteiger partial charge in [-0.1, -0.05) is 30.3 Å². The van der Waals surface area contributed by atoms with Gasteiger partial charge in [-0.2, -0.15) is 0 Å². The molecule has 31 heavy (non-hydrogen) atoms. The van der Waals surface area contributed by atoms with Crippen LogP contribution in [0.3, 0.4) is 0 Å². The van der Waals surface area contributed by atoms with Gasteiger partial charge < -0.3 is 14.6 Å². The van der Waals surface area contributed by atoms with Crippen LogP contribution in [-0.4, -0.2) is 47.9 Å². The first-order valence-corrected chi connectivity index (χ1v) is 9.98. The molecule has 0 atom stereocenters. The summed E-state index contributed by atoms with van der Waals surface area (Å²) < 4.78 is 32.9. The molecule has 0 aliphatic carbocycles. The molecule has 0 spiro atoms. The van der Waals surface area contributed by atoms with Crippen molar-refractivity contribution in [2.75, 3.05) is 27.2 Å². The molecule has 0 saturated carbocycles. The van der Waals surface area contributed by atoms with Gasteiger partial charge in [0.05, 0.1) is 6.54 Å². The summed E-state index contributed by atoms with van der Waals surface area (Å²) in [6.45, 7) is 2.21. The number of hydrogen-bond donors (Lipinski definition) is 1. The minimum absolute atomic E-state index is 0.196. The third-order valence-electron chi connectivity index (χ3n) is 4.66. The molecule has 2 aromatic carbocycles. The van der Waals surface area contributed by atoms with Gasteiger partial charge in [0.25, 0.3) is 5.91 Å². The smallest absolute Gasteiger partial charge is 0.273 e. The SMILES string of the molecule is CN(C)CCNC(=O)c1coc(CN(Cc2ccc(F)cc2)Cc2ccccc2F)n1. The standard InChI is InChI=1S/C23H26F2N4O2/c1-28(2)12-11-26-23(30)21-16-31-22(27-21)15-29(13-17-7-9-19(24)10-8-17)14-18-5-3-4-6-20(18)25/h3-10,16H,11-15H2,1-2H3,(H,26,30). The molecule has 0 fully saturated rings. The number of hydrogen-bond acceptors (Lipinski definition) is 5. The summed E-state index contributed by atoms with van der Waals surface area (Å²) in [5.41, 5.74) is 1.59. The van der Waals surface area contributed by atoms with Crippen molar-refractivity contribution < 1.29 is 18.0 Å². The highest BCUT2D eigenvalue weighted by Gasteiger charge is 2.17. The lowest BCUT2D eigenvalue weighted by atomic mass is 10.1. The van der Waals surface area contributed by atoms with E-state index in [9.17, 15) is 13.6 Å². The quantitative estimate of drug-likeness (QED) is 0.536. The van der Waals surface area contributed by atoms with Crippen molar-refractivity contribution in [3.63, 3.8) is 0 Å². The maximum atomic E-state index is 14.2. The van der Waals surface area contributed by atoms with Gasteiger partial charge in [-0.15, -0.1) is 0 Å². The Bertz CT molecular complexity index is 989. The van der Waals surface area contributed by atoms with Crippen molar-refractivity contribution in [3.8, 4) is 0 Å². The molecule has 1 aromatic heterocycles. The van der Waals surface area contributed by atoms with Gasteiger partial charge in [-0.25, -0.2) is 13.8 Å². The molecular weight excluding hydrogens is 402 g/mol. The Morgan fingerprint density at radius 2 is 1.77 bits per heavy atom. The van der Waals surface area contributed by atoms with Crippen LogP contribution in [0.15, 0.2) is 59.2 Å². The van der Waals surface area contributed by atoms with Crippen LogP contribution in [-0.2, 0) is 19.6 Å². The molecule has 0 saturated heterocycles. The first-order chi connectivity index (χ1) is 14.9. The van der Waals surface area contributed by atoms with E-state index in [4.69, 9.17) is 4.42 Å². The van der Waals surface area contributed by atoms with Crippen LogP contribution in [0.5, 0.6) is 0 Å². The highest BCUT2D eigenvalue weighted by Crippen LogP contribution is 2.16. The number of oxazole rings is 1. The third-order valence-corrected chi connectivity index (χ3v) is 4.66. The number of halogens is 2. The van der Waals surface area contributed by atoms with E-state index in [2.05, 4.69) is 10.3 Å². The second kappa shape index (κ2) is 10.8. The molecule has 1 amide bonds. The number of likely N-dealkylation sites (N-methyl/N-ethyl adjacent to an activating group) is 1. The summed E-state index contributed by atoms with van der Waals surface area (Å²) in [6, 6.07) is 12.7. The molecule has 6 nitrogen and oxygen atoms in total. The van der Waals surface area contributed by atoms with Crippen LogP contribution >= 0.6 is 0 Å². The highest BCUT2D eigenvalue weighted by atomic mass is 19.1. The van der Waals surface area contributed by atoms with E-state index in [0.717, 1.165) is 5.56 Å². The van der Waals surface area contributed by atoms with Crippen LogP contribution in [0.25, 0.3) is 0 Å². The third kappa shape index (κ3) is 6.97. The maximum absolute atomic E-state index is 14.2. The number of aromatic nitrogens is 1. The summed E-state index contributed by atoms with van der Waals surface area (Å²) in [4.78, 5) is 20.4. The van der Waals surface area contributed by atoms with Crippen molar-refractivity contribution in [3.05, 3.63) is 89.1 Å². The van der Waals surface area contributed by atoms with Crippen LogP contribution in [0.2, 0.25) is 0 Å². The Morgan fingerprint density at radius 1 is 1.03 bits per heavy atom. The molecule has 0 unspecified atom stereocenters. The molecule has 0 aliphatic rings. The molecule has 0 bridgehead atoms. The predicted octanol–water partition coefficient (Wildman–Crippen LogP) is 3.45. The number of carbonyl (C=O) groups is 1. The van der Waals surface area contributed by atoms with E-state index in [1.54, 1.807) is 30.3 Å². The Kier molecular flexibility index (Phi) is 7.86. The summed E-state index contributed by atoms with van der Waals surface area (Å²) in [7, 11) is 3.84. The van der Waals surface area contributed by atoms with Crippen LogP contribution in [0, 0.1) is 11.6 Å². The first kappa shape index (κ1) is 22.6. The lowest BCUT2D eigenvalue weighted by Crippen LogP contribution is -2.31. The van der Waals surface area contributed by atoms with Gasteiger partial charge in [0.1, 0.15) is 17.9 Å². The second-order valence-corrected chi connectivity index (χ2v) is 7.55. The minimum Gasteiger partial charge on any atom is -0.447 e. The van der Waals surface area contributed by atoms with Gasteiger partial charge >= 0.3 is 0 Å². The predicted molar refractivity (Wildman–Crippen MR) is 113 cm³/mol. The largest absolute Gasteiger partial charge is 0.447 e. The van der Waals surface area contributed by atoms with E-state index in [1.807, 2.05) is 23.9 Å². The zero-order valence-corrected chi connectivity index (χ0v) is 17.6. The molecule has 3 rings (SSSR count). The lowest BCUT2D eigenvalue weighted by Gasteiger charge is -2.21. The number of rotatable bonds is 10. The minimum atomic E-state index is -0.318. The number of nitrogens with zero attached hydrogens (tertiary/aromatic N) is 3. The maximum Gasteiger partial charge on any atom is 0.273 e. The summed E-state index contributed by atoms with van der Waals surface area (Å²) >= 11 is 0. The summed E-state index contributed by atoms with van der Waals surface area (Å²) in [5.74, 6) is -0.589. The molecular formula is C23H26F2N4O2. The Labute approximate surface area is 180 Å². The van der Waals surface area contributed by atoms with Crippen molar-refractivity contribution in [2.45, 2.75) is 19.6 Å². The molecule has 1 heterocycles. The van der Waals surface area contributed by atoms with Crippen molar-refractivity contribution in [2.24, 2.45) is 0 Å². The fourth-order valence-electron chi connectivity index (χ4n) is 3.05. The fourth-order valence-corrected chi connectivity index (χ4v) is 3.05. The van der Waals surface area contributed by atoms with E-state index in [0.29, 0.717) is 37.6 Å². The van der Waals surface area contributed by atoms with Crippen LogP contribution < -0.4 is 5.32 Å². The number of nitrogens with one attached hydrogen (secondary N) is 1. The molecule has 0 aliphatic heterocycles. The van der Waals surface area contributed by atoms with E-state index in [-0.39, 0.29) is 29.8 Å². The zero-order chi connectivity index (χ0) is 22.2. The van der Waals surface area contributed by atoms with Crippen molar-refractivity contribution >= 4 is 5.91 Å². The van der Waals surface area contributed by atoms with Crippen LogP contribution in [0.1, 0.15) is 27.5 Å². The molecule has 164 valence electrons. The van der Waals surface area contributed by atoms with Crippen LogP contribution in [0.4, 0.5) is 8.78 Å². The van der Waals surface area contributed by atoms with Crippen molar-refractivity contribution in [1.29, 1.82) is 0 Å². The number of carbonyl (C=O) groups excluding carboxylic acids is 1. The van der Waals surface area contributed by atoms with Gasteiger partial charge in [0, 0.05) is 31.7 Å².